The monoisotopic (exact) mass is 581 g/mol. The molecule has 0 aliphatic carbocycles. The Morgan fingerprint density at radius 1 is 1.00 bits per heavy atom. The second-order valence-electron chi connectivity index (χ2n) is 10.8. The standard InChI is InChI=1S/C27H36ClN3O5S2/c1-19-16-27(20(2)15-26(19)28)38(34,35)30-13-3-5-21(30)6-4-14-37(32,33)31-22-7-8-23(31)18-25(17-22)36-24-9-11-29-12-10-24/h9-12,15-16,21-23,25H,3-8,13-14,17-18H2,1-2H3/t21?,22-,23+,25?. The summed E-state index contributed by atoms with van der Waals surface area (Å²) < 4.78 is 63.4. The van der Waals surface area contributed by atoms with Gasteiger partial charge in [-0.05, 0) is 87.8 Å². The van der Waals surface area contributed by atoms with Crippen molar-refractivity contribution in [3.05, 3.63) is 52.8 Å². The predicted molar refractivity (Wildman–Crippen MR) is 147 cm³/mol. The summed E-state index contributed by atoms with van der Waals surface area (Å²) in [4.78, 5) is 4.30. The number of sulfonamides is 2. The number of ether oxygens (including phenoxy) is 1. The number of rotatable bonds is 9. The van der Waals surface area contributed by atoms with Gasteiger partial charge in [0.25, 0.3) is 0 Å². The Labute approximate surface area is 231 Å². The third-order valence-corrected chi connectivity index (χ3v) is 12.7. The van der Waals surface area contributed by atoms with Gasteiger partial charge < -0.3 is 4.74 Å². The number of nitrogens with zero attached hydrogens (tertiary/aromatic N) is 3. The van der Waals surface area contributed by atoms with Crippen LogP contribution in [-0.2, 0) is 20.0 Å². The van der Waals surface area contributed by atoms with Crippen molar-refractivity contribution < 1.29 is 21.6 Å². The zero-order valence-corrected chi connectivity index (χ0v) is 24.3. The summed E-state index contributed by atoms with van der Waals surface area (Å²) in [7, 11) is -7.13. The van der Waals surface area contributed by atoms with Crippen LogP contribution in [0, 0.1) is 13.8 Å². The Kier molecular flexibility index (Phi) is 8.09. The number of pyridine rings is 1. The van der Waals surface area contributed by atoms with Gasteiger partial charge in [-0.25, -0.2) is 16.8 Å². The molecule has 0 amide bonds. The molecule has 1 aromatic carbocycles. The first-order valence-corrected chi connectivity index (χ1v) is 16.9. The number of aromatic nitrogens is 1. The van der Waals surface area contributed by atoms with Crippen LogP contribution in [0.4, 0.5) is 0 Å². The molecule has 1 aromatic heterocycles. The molecule has 4 heterocycles. The van der Waals surface area contributed by atoms with Crippen LogP contribution < -0.4 is 4.74 Å². The van der Waals surface area contributed by atoms with E-state index in [0.717, 1.165) is 37.0 Å². The molecule has 2 bridgehead atoms. The third-order valence-electron chi connectivity index (χ3n) is 8.20. The quantitative estimate of drug-likeness (QED) is 0.426. The van der Waals surface area contributed by atoms with E-state index in [1.165, 1.54) is 0 Å². The first-order valence-electron chi connectivity index (χ1n) is 13.4. The number of aryl methyl sites for hydroxylation is 2. The van der Waals surface area contributed by atoms with Crippen molar-refractivity contribution in [2.45, 2.75) is 94.3 Å². The first-order chi connectivity index (χ1) is 18.1. The largest absolute Gasteiger partial charge is 0.490 e. The molecule has 8 nitrogen and oxygen atoms in total. The van der Waals surface area contributed by atoms with Crippen LogP contribution in [0.15, 0.2) is 41.6 Å². The van der Waals surface area contributed by atoms with E-state index >= 15 is 0 Å². The lowest BCUT2D eigenvalue weighted by atomic mass is 10.0. The van der Waals surface area contributed by atoms with Gasteiger partial charge in [0.15, 0.2) is 0 Å². The average molecular weight is 582 g/mol. The van der Waals surface area contributed by atoms with Crippen molar-refractivity contribution in [3.63, 3.8) is 0 Å². The van der Waals surface area contributed by atoms with Crippen LogP contribution in [0.2, 0.25) is 5.02 Å². The number of halogens is 1. The van der Waals surface area contributed by atoms with Gasteiger partial charge in [-0.2, -0.15) is 8.61 Å². The van der Waals surface area contributed by atoms with Crippen molar-refractivity contribution in [2.75, 3.05) is 12.3 Å². The lowest BCUT2D eigenvalue weighted by molar-refractivity contribution is 0.0956. The fraction of sp³-hybridized carbons (Fsp3) is 0.593. The van der Waals surface area contributed by atoms with Gasteiger partial charge in [-0.3, -0.25) is 4.98 Å². The second kappa shape index (κ2) is 11.0. The molecule has 0 N–H and O–H groups in total. The first kappa shape index (κ1) is 27.8. The minimum Gasteiger partial charge on any atom is -0.490 e. The summed E-state index contributed by atoms with van der Waals surface area (Å²) in [5.74, 6) is 0.806. The van der Waals surface area contributed by atoms with Gasteiger partial charge in [-0.15, -0.1) is 0 Å². The van der Waals surface area contributed by atoms with Crippen LogP contribution >= 0.6 is 11.6 Å². The Bertz CT molecular complexity index is 1360. The fourth-order valence-electron chi connectivity index (χ4n) is 6.42. The van der Waals surface area contributed by atoms with Gasteiger partial charge in [0.1, 0.15) is 11.9 Å². The maximum Gasteiger partial charge on any atom is 0.243 e. The molecule has 3 aliphatic heterocycles. The van der Waals surface area contributed by atoms with Crippen LogP contribution in [-0.4, -0.2) is 67.0 Å². The van der Waals surface area contributed by atoms with E-state index in [-0.39, 0.29) is 34.9 Å². The molecule has 11 heteroatoms. The summed E-state index contributed by atoms with van der Waals surface area (Å²) in [6.45, 7) is 4.01. The molecule has 5 rings (SSSR count). The zero-order chi connectivity index (χ0) is 27.1. The molecule has 3 aliphatic rings. The lowest BCUT2D eigenvalue weighted by Crippen LogP contribution is -2.50. The number of hydrogen-bond acceptors (Lipinski definition) is 6. The molecule has 0 radical (unpaired) electrons. The highest BCUT2D eigenvalue weighted by Gasteiger charge is 2.47. The van der Waals surface area contributed by atoms with Crippen LogP contribution in [0.3, 0.4) is 0 Å². The summed E-state index contributed by atoms with van der Waals surface area (Å²) in [6.07, 6.45) is 8.95. The van der Waals surface area contributed by atoms with Crippen LogP contribution in [0.25, 0.3) is 0 Å². The Hall–Kier alpha value is -1.72. The molecule has 208 valence electrons. The van der Waals surface area contributed by atoms with Crippen molar-refractivity contribution in [1.29, 1.82) is 0 Å². The molecule has 3 fully saturated rings. The smallest absolute Gasteiger partial charge is 0.243 e. The van der Waals surface area contributed by atoms with E-state index in [1.54, 1.807) is 47.0 Å². The number of fused-ring (bicyclic) bond motifs is 2. The molecule has 2 aromatic rings. The Morgan fingerprint density at radius 3 is 2.37 bits per heavy atom. The highest BCUT2D eigenvalue weighted by molar-refractivity contribution is 7.89. The van der Waals surface area contributed by atoms with Crippen molar-refractivity contribution in [1.82, 2.24) is 13.6 Å². The van der Waals surface area contributed by atoms with Crippen molar-refractivity contribution in [2.24, 2.45) is 0 Å². The molecule has 0 saturated carbocycles. The lowest BCUT2D eigenvalue weighted by Gasteiger charge is -2.38. The minimum atomic E-state index is -3.69. The molecule has 4 atom stereocenters. The van der Waals surface area contributed by atoms with E-state index in [2.05, 4.69) is 4.98 Å². The zero-order valence-electron chi connectivity index (χ0n) is 21.9. The van der Waals surface area contributed by atoms with Gasteiger partial charge in [0.2, 0.25) is 20.0 Å². The van der Waals surface area contributed by atoms with Gasteiger partial charge in [0, 0.05) is 54.9 Å². The molecule has 0 spiro atoms. The molecule has 2 unspecified atom stereocenters. The Balaban J connectivity index is 1.20. The second-order valence-corrected chi connectivity index (χ2v) is 15.1. The van der Waals surface area contributed by atoms with E-state index < -0.39 is 20.0 Å². The third kappa shape index (κ3) is 5.61. The highest BCUT2D eigenvalue weighted by atomic mass is 35.5. The average Bonchev–Trinajstić information content (AvgIpc) is 3.45. The SMILES string of the molecule is Cc1cc(S(=O)(=O)N2CCCC2CCCS(=O)(=O)N2[C@@H]3CC[C@H]2CC(Oc2ccncc2)C3)c(C)cc1Cl. The van der Waals surface area contributed by atoms with Crippen molar-refractivity contribution >= 4 is 31.6 Å². The highest BCUT2D eigenvalue weighted by Crippen LogP contribution is 2.40. The summed E-state index contributed by atoms with van der Waals surface area (Å²) in [6, 6.07) is 6.72. The van der Waals surface area contributed by atoms with E-state index in [4.69, 9.17) is 16.3 Å². The molecule has 38 heavy (non-hydrogen) atoms. The van der Waals surface area contributed by atoms with Gasteiger partial charge in [-0.1, -0.05) is 11.6 Å². The summed E-state index contributed by atoms with van der Waals surface area (Å²) >= 11 is 6.19. The van der Waals surface area contributed by atoms with Crippen LogP contribution in [0.5, 0.6) is 5.75 Å². The van der Waals surface area contributed by atoms with Gasteiger partial charge >= 0.3 is 0 Å². The van der Waals surface area contributed by atoms with E-state index in [9.17, 15) is 16.8 Å². The predicted octanol–water partition coefficient (Wildman–Crippen LogP) is 4.69. The fourth-order valence-corrected chi connectivity index (χ4v) is 10.7. The molecular weight excluding hydrogens is 546 g/mol. The van der Waals surface area contributed by atoms with Crippen molar-refractivity contribution in [3.8, 4) is 5.75 Å². The number of piperidine rings is 1. The summed E-state index contributed by atoms with van der Waals surface area (Å²) in [5, 5.41) is 0.548. The topological polar surface area (TPSA) is 96.9 Å². The Morgan fingerprint density at radius 2 is 1.68 bits per heavy atom. The van der Waals surface area contributed by atoms with Gasteiger partial charge in [0.05, 0.1) is 10.6 Å². The maximum absolute atomic E-state index is 13.5. The maximum atomic E-state index is 13.5. The number of hydrogen-bond donors (Lipinski definition) is 0. The van der Waals surface area contributed by atoms with E-state index in [0.29, 0.717) is 42.8 Å². The normalized spacial score (nSPS) is 26.6. The molecular formula is C27H36ClN3O5S2. The number of benzene rings is 1. The minimum absolute atomic E-state index is 0.00133. The van der Waals surface area contributed by atoms with Crippen LogP contribution in [0.1, 0.15) is 62.5 Å². The molecule has 3 saturated heterocycles. The van der Waals surface area contributed by atoms with E-state index in [1.807, 2.05) is 12.1 Å². The summed E-state index contributed by atoms with van der Waals surface area (Å²) in [5.41, 5.74) is 1.35.